The summed E-state index contributed by atoms with van der Waals surface area (Å²) in [5.41, 5.74) is -0.232. The van der Waals surface area contributed by atoms with Gasteiger partial charge in [0.1, 0.15) is 5.41 Å². The van der Waals surface area contributed by atoms with Crippen molar-refractivity contribution in [2.75, 3.05) is 0 Å². The molecular formula is C15H20N2OS. The molecule has 1 aromatic heterocycles. The number of rotatable bonds is 2. The second-order valence-electron chi connectivity index (χ2n) is 6.19. The first-order valence-corrected chi connectivity index (χ1v) is 7.51. The van der Waals surface area contributed by atoms with Gasteiger partial charge in [-0.3, -0.25) is 4.79 Å². The van der Waals surface area contributed by atoms with E-state index in [1.54, 1.807) is 11.3 Å². The molecule has 0 aliphatic heterocycles. The molecule has 0 bridgehead atoms. The highest BCUT2D eigenvalue weighted by Crippen LogP contribution is 2.45. The number of Topliss-reactive ketones (excluding diaryl/α,β-unsaturated/α-hetero) is 1. The van der Waals surface area contributed by atoms with Crippen molar-refractivity contribution >= 4 is 17.1 Å². The van der Waals surface area contributed by atoms with Crippen molar-refractivity contribution in [2.24, 2.45) is 10.8 Å². The van der Waals surface area contributed by atoms with Crippen LogP contribution in [0.1, 0.15) is 48.7 Å². The Morgan fingerprint density at radius 2 is 2.05 bits per heavy atom. The normalized spacial score (nSPS) is 26.2. The summed E-state index contributed by atoms with van der Waals surface area (Å²) in [5, 5.41) is 10.5. The molecule has 4 heteroatoms. The van der Waals surface area contributed by atoms with Crippen molar-refractivity contribution in [1.29, 1.82) is 5.26 Å². The van der Waals surface area contributed by atoms with Crippen molar-refractivity contribution in [1.82, 2.24) is 4.98 Å². The number of carbonyl (C=O) groups excluding carboxylic acids is 1. The van der Waals surface area contributed by atoms with E-state index in [9.17, 15) is 10.1 Å². The van der Waals surface area contributed by atoms with Gasteiger partial charge in [0.15, 0.2) is 5.78 Å². The molecule has 0 amide bonds. The minimum absolute atomic E-state index is 0.0965. The van der Waals surface area contributed by atoms with Gasteiger partial charge in [-0.05, 0) is 26.7 Å². The molecule has 1 fully saturated rings. The molecule has 1 atom stereocenters. The summed E-state index contributed by atoms with van der Waals surface area (Å²) in [4.78, 5) is 18.3. The molecule has 19 heavy (non-hydrogen) atoms. The van der Waals surface area contributed by atoms with Crippen molar-refractivity contribution in [3.8, 4) is 6.07 Å². The first kappa shape index (κ1) is 14.2. The highest BCUT2D eigenvalue weighted by Gasteiger charge is 2.49. The second kappa shape index (κ2) is 4.72. The molecule has 3 nitrogen and oxygen atoms in total. The highest BCUT2D eigenvalue weighted by atomic mass is 32.1. The number of thiazole rings is 1. The van der Waals surface area contributed by atoms with Crippen LogP contribution in [0.3, 0.4) is 0 Å². The summed E-state index contributed by atoms with van der Waals surface area (Å²) in [6.45, 7) is 7.92. The highest BCUT2D eigenvalue weighted by molar-refractivity contribution is 7.11. The van der Waals surface area contributed by atoms with Crippen LogP contribution < -0.4 is 0 Å². The number of aryl methyl sites for hydroxylation is 2. The molecule has 1 aliphatic carbocycles. The zero-order valence-corrected chi connectivity index (χ0v) is 12.9. The van der Waals surface area contributed by atoms with Crippen LogP contribution in [-0.4, -0.2) is 10.8 Å². The van der Waals surface area contributed by atoms with Crippen LogP contribution in [0, 0.1) is 36.0 Å². The van der Waals surface area contributed by atoms with E-state index in [0.29, 0.717) is 12.8 Å². The maximum atomic E-state index is 12.7. The molecule has 0 radical (unpaired) electrons. The van der Waals surface area contributed by atoms with Gasteiger partial charge in [0.05, 0.1) is 16.8 Å². The zero-order chi connectivity index (χ0) is 14.3. The van der Waals surface area contributed by atoms with Crippen LogP contribution >= 0.6 is 11.3 Å². The van der Waals surface area contributed by atoms with Gasteiger partial charge in [0.25, 0.3) is 0 Å². The van der Waals surface area contributed by atoms with E-state index in [2.05, 4.69) is 11.1 Å². The Morgan fingerprint density at radius 3 is 2.58 bits per heavy atom. The molecule has 2 rings (SSSR count). The van der Waals surface area contributed by atoms with Gasteiger partial charge in [0, 0.05) is 16.7 Å². The molecule has 0 saturated heterocycles. The van der Waals surface area contributed by atoms with E-state index in [1.165, 1.54) is 4.88 Å². The van der Waals surface area contributed by atoms with E-state index in [4.69, 9.17) is 0 Å². The standard InChI is InChI=1S/C15H20N2OS/c1-10-11(2)19-12(17-10)8-15(9-16)7-5-6-14(3,4)13(15)18/h5-8H2,1-4H3. The first-order chi connectivity index (χ1) is 8.81. The third-order valence-electron chi connectivity index (χ3n) is 4.19. The summed E-state index contributed by atoms with van der Waals surface area (Å²) in [6.07, 6.45) is 2.97. The molecule has 1 saturated carbocycles. The number of hydrogen-bond acceptors (Lipinski definition) is 4. The van der Waals surface area contributed by atoms with E-state index >= 15 is 0 Å². The van der Waals surface area contributed by atoms with Crippen molar-refractivity contribution < 1.29 is 4.79 Å². The smallest absolute Gasteiger partial charge is 0.159 e. The number of nitrogens with zero attached hydrogens (tertiary/aromatic N) is 2. The minimum atomic E-state index is -0.863. The van der Waals surface area contributed by atoms with Crippen LogP contribution in [0.25, 0.3) is 0 Å². The lowest BCUT2D eigenvalue weighted by molar-refractivity contribution is -0.138. The number of hydrogen-bond donors (Lipinski definition) is 0. The molecule has 0 aromatic carbocycles. The third kappa shape index (κ3) is 2.44. The molecular weight excluding hydrogens is 256 g/mol. The Labute approximate surface area is 118 Å². The lowest BCUT2D eigenvalue weighted by Gasteiger charge is -2.38. The minimum Gasteiger partial charge on any atom is -0.297 e. The Kier molecular flexibility index (Phi) is 3.53. The SMILES string of the molecule is Cc1nc(CC2(C#N)CCCC(C)(C)C2=O)sc1C. The number of carbonyl (C=O) groups is 1. The zero-order valence-electron chi connectivity index (χ0n) is 12.0. The van der Waals surface area contributed by atoms with Crippen LogP contribution in [0.15, 0.2) is 0 Å². The fourth-order valence-electron chi connectivity index (χ4n) is 2.89. The fourth-order valence-corrected chi connectivity index (χ4v) is 3.94. The molecule has 1 heterocycles. The summed E-state index contributed by atoms with van der Waals surface area (Å²) in [6, 6.07) is 2.32. The first-order valence-electron chi connectivity index (χ1n) is 6.70. The Bertz CT molecular complexity index is 533. The average molecular weight is 276 g/mol. The quantitative estimate of drug-likeness (QED) is 0.829. The third-order valence-corrected chi connectivity index (χ3v) is 5.27. The monoisotopic (exact) mass is 276 g/mol. The number of nitriles is 1. The lowest BCUT2D eigenvalue weighted by atomic mass is 9.62. The maximum absolute atomic E-state index is 12.7. The van der Waals surface area contributed by atoms with Crippen LogP contribution in [0.4, 0.5) is 0 Å². The molecule has 1 aliphatic rings. The predicted octanol–water partition coefficient (Wildman–Crippen LogP) is 3.59. The van der Waals surface area contributed by atoms with Gasteiger partial charge >= 0.3 is 0 Å². The van der Waals surface area contributed by atoms with Crippen LogP contribution in [0.5, 0.6) is 0 Å². The maximum Gasteiger partial charge on any atom is 0.159 e. The number of aromatic nitrogens is 1. The molecule has 0 N–H and O–H groups in total. The molecule has 0 spiro atoms. The average Bonchev–Trinajstić information content (AvgIpc) is 2.64. The van der Waals surface area contributed by atoms with Gasteiger partial charge < -0.3 is 0 Å². The summed E-state index contributed by atoms with van der Waals surface area (Å²) in [7, 11) is 0. The molecule has 1 unspecified atom stereocenters. The van der Waals surface area contributed by atoms with Gasteiger partial charge in [-0.2, -0.15) is 5.26 Å². The summed E-state index contributed by atoms with van der Waals surface area (Å²) < 4.78 is 0. The molecule has 102 valence electrons. The summed E-state index contributed by atoms with van der Waals surface area (Å²) in [5.74, 6) is 0.0965. The van der Waals surface area contributed by atoms with Crippen molar-refractivity contribution in [2.45, 2.75) is 53.4 Å². The van der Waals surface area contributed by atoms with E-state index in [-0.39, 0.29) is 11.2 Å². The summed E-state index contributed by atoms with van der Waals surface area (Å²) >= 11 is 1.61. The van der Waals surface area contributed by atoms with Gasteiger partial charge in [-0.1, -0.05) is 20.3 Å². The Balaban J connectivity index is 2.33. The molecule has 1 aromatic rings. The van der Waals surface area contributed by atoms with Crippen LogP contribution in [-0.2, 0) is 11.2 Å². The predicted molar refractivity (Wildman–Crippen MR) is 76.0 cm³/mol. The van der Waals surface area contributed by atoms with E-state index < -0.39 is 5.41 Å². The fraction of sp³-hybridized carbons (Fsp3) is 0.667. The lowest BCUT2D eigenvalue weighted by Crippen LogP contribution is -2.45. The number of ketones is 1. The topological polar surface area (TPSA) is 53.8 Å². The van der Waals surface area contributed by atoms with Gasteiger partial charge in [-0.15, -0.1) is 11.3 Å². The van der Waals surface area contributed by atoms with E-state index in [0.717, 1.165) is 23.5 Å². The largest absolute Gasteiger partial charge is 0.297 e. The Hall–Kier alpha value is -1.21. The Morgan fingerprint density at radius 1 is 1.37 bits per heavy atom. The second-order valence-corrected chi connectivity index (χ2v) is 7.47. The van der Waals surface area contributed by atoms with Crippen molar-refractivity contribution in [3.63, 3.8) is 0 Å². The van der Waals surface area contributed by atoms with E-state index in [1.807, 2.05) is 27.7 Å². The van der Waals surface area contributed by atoms with Crippen LogP contribution in [0.2, 0.25) is 0 Å². The van der Waals surface area contributed by atoms with Gasteiger partial charge in [-0.25, -0.2) is 4.98 Å². The van der Waals surface area contributed by atoms with Crippen molar-refractivity contribution in [3.05, 3.63) is 15.6 Å². The van der Waals surface area contributed by atoms with Gasteiger partial charge in [0.2, 0.25) is 0 Å².